The van der Waals surface area contributed by atoms with Gasteiger partial charge in [0.05, 0.1) is 23.9 Å². The number of rotatable bonds is 10. The van der Waals surface area contributed by atoms with Gasteiger partial charge in [0.15, 0.2) is 17.7 Å². The van der Waals surface area contributed by atoms with Crippen LogP contribution in [0.25, 0.3) is 0 Å². The van der Waals surface area contributed by atoms with Gasteiger partial charge in [0.2, 0.25) is 0 Å². The van der Waals surface area contributed by atoms with Crippen molar-refractivity contribution in [2.24, 2.45) is 23.5 Å². The first-order valence-corrected chi connectivity index (χ1v) is 20.0. The van der Waals surface area contributed by atoms with Crippen LogP contribution in [-0.4, -0.2) is 138 Å². The molecule has 3 N–H and O–H groups in total. The average Bonchev–Trinajstić information content (AvgIpc) is 3.41. The van der Waals surface area contributed by atoms with E-state index in [0.29, 0.717) is 32.4 Å². The third-order valence-electron chi connectivity index (χ3n) is 12.7. The summed E-state index contributed by atoms with van der Waals surface area (Å²) in [7, 11) is 5.13. The summed E-state index contributed by atoms with van der Waals surface area (Å²) in [4.78, 5) is 43.9. The van der Waals surface area contributed by atoms with Crippen LogP contribution in [0.3, 0.4) is 0 Å². The van der Waals surface area contributed by atoms with Crippen molar-refractivity contribution in [3.63, 3.8) is 0 Å². The van der Waals surface area contributed by atoms with Crippen LogP contribution < -0.4 is 5.73 Å². The number of alkyl halides is 1. The lowest BCUT2D eigenvalue weighted by Crippen LogP contribution is -2.64. The average molecular weight is 797 g/mol. The van der Waals surface area contributed by atoms with Gasteiger partial charge >= 0.3 is 12.1 Å². The Kier molecular flexibility index (Phi) is 14.8. The number of ether oxygens (including phenoxy) is 5. The summed E-state index contributed by atoms with van der Waals surface area (Å²) < 4.78 is 61.4. The number of fused-ring (bicyclic) bond motifs is 1. The minimum atomic E-state index is -3.16. The second-order valence-corrected chi connectivity index (χ2v) is 17.1. The molecule has 318 valence electrons. The predicted octanol–water partition coefficient (Wildman–Crippen LogP) is 4.66. The topological polar surface area (TPSA) is 153 Å². The molecule has 2 unspecified atom stereocenters. The Morgan fingerprint density at radius 1 is 1.09 bits per heavy atom. The van der Waals surface area contributed by atoms with Crippen LogP contribution in [-0.2, 0) is 39.7 Å². The molecule has 3 fully saturated rings. The molecule has 0 bridgehead atoms. The summed E-state index contributed by atoms with van der Waals surface area (Å²) in [5, 5.41) is 14.8. The molecule has 0 radical (unpaired) electrons. The highest BCUT2D eigenvalue weighted by Gasteiger charge is 2.62. The van der Waals surface area contributed by atoms with Crippen molar-refractivity contribution >= 4 is 17.8 Å². The fraction of sp³-hybridized carbons (Fsp3) is 0.780. The number of carbonyl (C=O) groups is 3. The SMILES string of the molecule is CCN(CCCc1cccc(F)c1)N1C(=O)O[C@]2(C)[C@@H](C)OC(=O)C(C)(F)C(=O)[C@H](C)[C@@H](O[C@@H]3O[C@H](C)C[C@H](N(C)C)[C@H]3O)[C@@](C)(OC)C[C@@H](C)C(N)[C@H](C)[C@@H]12. The summed E-state index contributed by atoms with van der Waals surface area (Å²) in [6, 6.07) is 4.58. The van der Waals surface area contributed by atoms with Gasteiger partial charge in [0, 0.05) is 38.2 Å². The van der Waals surface area contributed by atoms with E-state index in [2.05, 4.69) is 0 Å². The largest absolute Gasteiger partial charge is 0.456 e. The summed E-state index contributed by atoms with van der Waals surface area (Å²) in [5.74, 6) is -5.07. The normalized spacial score (nSPS) is 40.4. The van der Waals surface area contributed by atoms with Crippen molar-refractivity contribution in [2.75, 3.05) is 34.3 Å². The number of hydrogen-bond acceptors (Lipinski definition) is 12. The van der Waals surface area contributed by atoms with Gasteiger partial charge in [-0.1, -0.05) is 39.8 Å². The Balaban J connectivity index is 1.76. The standard InChI is InChI=1S/C41H66F2N4O9/c1-13-46(19-15-17-28-16-14-18-29(42)21-28)47-33-25(4)31(44)23(2)22-39(7,52-12)35(55-36-32(48)30(45(10)11)20-24(3)53-36)26(5)34(49)40(8,43)37(50)54-27(6)41(33,9)56-38(47)51/h14,16,18,21,23-27,30-33,35-36,48H,13,15,17,19-20,22,44H2,1-12H3/t23-,24-,25+,26+,27-,30+,31?,32-,33-,35-,36+,39+,40?,41-/m1/s1. The molecule has 3 aliphatic rings. The number of hydrogen-bond donors (Lipinski definition) is 2. The number of carbonyl (C=O) groups excluding carboxylic acids is 3. The lowest BCUT2D eigenvalue weighted by Gasteiger charge is -2.48. The van der Waals surface area contributed by atoms with Crippen LogP contribution in [0.5, 0.6) is 0 Å². The van der Waals surface area contributed by atoms with E-state index in [1.54, 1.807) is 19.9 Å². The first-order chi connectivity index (χ1) is 26.0. The van der Waals surface area contributed by atoms with E-state index in [1.165, 1.54) is 38.1 Å². The molecule has 1 aromatic carbocycles. The van der Waals surface area contributed by atoms with Gasteiger partial charge in [-0.2, -0.15) is 0 Å². The number of aliphatic hydroxyl groups is 1. The molecule has 0 spiro atoms. The van der Waals surface area contributed by atoms with Crippen molar-refractivity contribution < 1.29 is 52.0 Å². The van der Waals surface area contributed by atoms with Gasteiger partial charge in [0.25, 0.3) is 5.67 Å². The van der Waals surface area contributed by atoms with Crippen molar-refractivity contribution in [1.82, 2.24) is 14.9 Å². The molecule has 15 heteroatoms. The maximum absolute atomic E-state index is 16.8. The van der Waals surface area contributed by atoms with E-state index >= 15 is 4.39 Å². The highest BCUT2D eigenvalue weighted by Crippen LogP contribution is 2.44. The van der Waals surface area contributed by atoms with Crippen LogP contribution in [0.1, 0.15) is 87.1 Å². The zero-order chi connectivity index (χ0) is 42.1. The maximum Gasteiger partial charge on any atom is 0.425 e. The number of benzene rings is 1. The van der Waals surface area contributed by atoms with Gasteiger partial charge < -0.3 is 39.4 Å². The third kappa shape index (κ3) is 9.24. The third-order valence-corrected chi connectivity index (χ3v) is 12.7. The van der Waals surface area contributed by atoms with Crippen LogP contribution in [0, 0.1) is 23.6 Å². The molecule has 0 aliphatic carbocycles. The minimum Gasteiger partial charge on any atom is -0.456 e. The Morgan fingerprint density at radius 2 is 1.75 bits per heavy atom. The minimum absolute atomic E-state index is 0.194. The first-order valence-electron chi connectivity index (χ1n) is 20.0. The molecule has 4 rings (SSSR count). The lowest BCUT2D eigenvalue weighted by atomic mass is 9.72. The van der Waals surface area contributed by atoms with Crippen LogP contribution in [0.15, 0.2) is 24.3 Å². The summed E-state index contributed by atoms with van der Waals surface area (Å²) in [6.45, 7) is 15.6. The number of halogens is 2. The Hall–Kier alpha value is -2.79. The van der Waals surface area contributed by atoms with E-state index in [4.69, 9.17) is 29.4 Å². The van der Waals surface area contributed by atoms with E-state index in [9.17, 15) is 23.9 Å². The molecule has 14 atom stereocenters. The molecule has 1 amide bonds. The second kappa shape index (κ2) is 18.0. The second-order valence-electron chi connectivity index (χ2n) is 17.1. The fourth-order valence-electron chi connectivity index (χ4n) is 9.05. The van der Waals surface area contributed by atoms with Crippen molar-refractivity contribution in [1.29, 1.82) is 0 Å². The van der Waals surface area contributed by atoms with Gasteiger partial charge in [-0.3, -0.25) is 4.79 Å². The Morgan fingerprint density at radius 3 is 2.34 bits per heavy atom. The van der Waals surface area contributed by atoms with Crippen LogP contribution in [0.4, 0.5) is 13.6 Å². The number of nitrogens with two attached hydrogens (primary N) is 1. The summed E-state index contributed by atoms with van der Waals surface area (Å²) in [5.41, 5.74) is 1.94. The number of esters is 1. The van der Waals surface area contributed by atoms with E-state index in [0.717, 1.165) is 12.5 Å². The van der Waals surface area contributed by atoms with Gasteiger partial charge in [-0.05, 0) is 104 Å². The highest BCUT2D eigenvalue weighted by atomic mass is 19.1. The van der Waals surface area contributed by atoms with Gasteiger partial charge in [-0.25, -0.2) is 28.4 Å². The number of hydrazine groups is 1. The number of Topliss-reactive ketones (excluding diaryl/α,β-unsaturated/α-hetero) is 1. The highest BCUT2D eigenvalue weighted by molar-refractivity contribution is 6.07. The van der Waals surface area contributed by atoms with Gasteiger partial charge in [-0.15, -0.1) is 0 Å². The number of likely N-dealkylation sites (N-methyl/N-ethyl adjacent to an activating group) is 1. The van der Waals surface area contributed by atoms with Crippen molar-refractivity contribution in [3.8, 4) is 0 Å². The first kappa shape index (κ1) is 45.9. The molecule has 3 aliphatic heterocycles. The Bertz CT molecular complexity index is 1540. The van der Waals surface area contributed by atoms with E-state index in [-0.39, 0.29) is 30.3 Å². The molecule has 13 nitrogen and oxygen atoms in total. The number of aryl methyl sites for hydroxylation is 1. The number of aliphatic hydroxyl groups excluding tert-OH is 1. The predicted molar refractivity (Wildman–Crippen MR) is 205 cm³/mol. The molecule has 0 aromatic heterocycles. The number of nitrogens with zero attached hydrogens (tertiary/aromatic N) is 3. The zero-order valence-electron chi connectivity index (χ0n) is 35.3. The van der Waals surface area contributed by atoms with E-state index in [1.807, 2.05) is 57.8 Å². The molecule has 0 saturated carbocycles. The number of cyclic esters (lactones) is 1. The fourth-order valence-corrected chi connectivity index (χ4v) is 9.05. The van der Waals surface area contributed by atoms with E-state index < -0.39 is 83.2 Å². The molecule has 1 aromatic rings. The lowest BCUT2D eigenvalue weighted by molar-refractivity contribution is -0.296. The number of methoxy groups -OCH3 is 1. The quantitative estimate of drug-likeness (QED) is 0.250. The molecule has 3 heterocycles. The maximum atomic E-state index is 16.8. The monoisotopic (exact) mass is 796 g/mol. The van der Waals surface area contributed by atoms with Crippen LogP contribution >= 0.6 is 0 Å². The van der Waals surface area contributed by atoms with Gasteiger partial charge in [0.1, 0.15) is 18.0 Å². The number of amides is 1. The van der Waals surface area contributed by atoms with Crippen molar-refractivity contribution in [3.05, 3.63) is 35.6 Å². The zero-order valence-corrected chi connectivity index (χ0v) is 35.3. The molecular weight excluding hydrogens is 730 g/mol. The summed E-state index contributed by atoms with van der Waals surface area (Å²) in [6.07, 6.45) is -3.95. The smallest absolute Gasteiger partial charge is 0.425 e. The Labute approximate surface area is 331 Å². The van der Waals surface area contributed by atoms with Crippen LogP contribution in [0.2, 0.25) is 0 Å². The van der Waals surface area contributed by atoms with Crippen molar-refractivity contribution in [2.45, 2.75) is 154 Å². The number of ketones is 1. The molecular formula is C41H66F2N4O9. The molecule has 3 saturated heterocycles. The molecule has 56 heavy (non-hydrogen) atoms. The summed E-state index contributed by atoms with van der Waals surface area (Å²) >= 11 is 0.